The van der Waals surface area contributed by atoms with Gasteiger partial charge in [0.05, 0.1) is 23.8 Å². The van der Waals surface area contributed by atoms with Crippen molar-refractivity contribution in [1.82, 2.24) is 4.98 Å². The molecule has 0 bridgehead atoms. The lowest BCUT2D eigenvalue weighted by Gasteiger charge is -2.08. The maximum Gasteiger partial charge on any atom is 0.365 e. The molecular formula is C7H7NO3S. The molecule has 0 aromatic carbocycles. The predicted octanol–water partition coefficient (Wildman–Crippen LogP) is 0.914. The number of carbonyl (C=O) groups is 1. The molecule has 0 spiro atoms. The molecule has 2 heterocycles. The molecule has 1 aliphatic heterocycles. The zero-order valence-corrected chi connectivity index (χ0v) is 7.06. The van der Waals surface area contributed by atoms with Crippen LogP contribution in [0.25, 0.3) is 0 Å². The number of hydrogen-bond donors (Lipinski definition) is 1. The Morgan fingerprint density at radius 3 is 3.17 bits per heavy atom. The number of ether oxygens (including phenoxy) is 1. The van der Waals surface area contributed by atoms with Gasteiger partial charge in [-0.2, -0.15) is 0 Å². The zero-order chi connectivity index (χ0) is 8.55. The fraction of sp³-hybridized carbons (Fsp3) is 0.429. The molecule has 0 aliphatic carbocycles. The normalized spacial score (nSPS) is 15.7. The summed E-state index contributed by atoms with van der Waals surface area (Å²) >= 11 is 1.21. The molecule has 4 nitrogen and oxygen atoms in total. The first-order valence-electron chi connectivity index (χ1n) is 3.57. The molecule has 5 heteroatoms. The molecule has 0 radical (unpaired) electrons. The van der Waals surface area contributed by atoms with E-state index in [2.05, 4.69) is 4.98 Å². The van der Waals surface area contributed by atoms with E-state index >= 15 is 0 Å². The average molecular weight is 185 g/mol. The van der Waals surface area contributed by atoms with Gasteiger partial charge >= 0.3 is 5.97 Å². The van der Waals surface area contributed by atoms with E-state index in [0.717, 1.165) is 17.0 Å². The summed E-state index contributed by atoms with van der Waals surface area (Å²) < 4.78 is 5.17. The van der Waals surface area contributed by atoms with Gasteiger partial charge in [0.15, 0.2) is 0 Å². The first-order chi connectivity index (χ1) is 5.77. The Labute approximate surface area is 72.8 Å². The highest BCUT2D eigenvalue weighted by Gasteiger charge is 2.18. The van der Waals surface area contributed by atoms with E-state index in [1.54, 1.807) is 0 Å². The van der Waals surface area contributed by atoms with Crippen LogP contribution >= 0.6 is 11.3 Å². The fourth-order valence-corrected chi connectivity index (χ4v) is 2.00. The maximum absolute atomic E-state index is 10.5. The molecule has 0 saturated heterocycles. The molecule has 1 aromatic rings. The van der Waals surface area contributed by atoms with Crippen molar-refractivity contribution in [1.29, 1.82) is 0 Å². The minimum atomic E-state index is -0.950. The molecule has 1 aromatic heterocycles. The van der Waals surface area contributed by atoms with Gasteiger partial charge in [-0.1, -0.05) is 0 Å². The van der Waals surface area contributed by atoms with Crippen LogP contribution in [-0.4, -0.2) is 22.7 Å². The Balaban J connectivity index is 2.38. The van der Waals surface area contributed by atoms with Crippen molar-refractivity contribution in [2.24, 2.45) is 0 Å². The van der Waals surface area contributed by atoms with Crippen LogP contribution in [0.1, 0.15) is 20.4 Å². The smallest absolute Gasteiger partial charge is 0.365 e. The molecule has 2 rings (SSSR count). The second kappa shape index (κ2) is 2.84. The third kappa shape index (κ3) is 1.21. The van der Waals surface area contributed by atoms with Gasteiger partial charge in [0, 0.05) is 6.42 Å². The quantitative estimate of drug-likeness (QED) is 0.706. The van der Waals surface area contributed by atoms with E-state index in [9.17, 15) is 4.79 Å². The van der Waals surface area contributed by atoms with Crippen molar-refractivity contribution in [2.45, 2.75) is 13.0 Å². The molecule has 0 saturated carbocycles. The molecule has 1 N–H and O–H groups in total. The monoisotopic (exact) mass is 185 g/mol. The summed E-state index contributed by atoms with van der Waals surface area (Å²) in [5, 5.41) is 8.81. The largest absolute Gasteiger partial charge is 0.476 e. The van der Waals surface area contributed by atoms with Crippen molar-refractivity contribution in [3.63, 3.8) is 0 Å². The van der Waals surface area contributed by atoms with E-state index in [0.29, 0.717) is 13.2 Å². The summed E-state index contributed by atoms with van der Waals surface area (Å²) in [4.78, 5) is 15.5. The lowest BCUT2D eigenvalue weighted by Crippen LogP contribution is -2.07. The first kappa shape index (κ1) is 7.70. The highest BCUT2D eigenvalue weighted by atomic mass is 32.1. The number of thiazole rings is 1. The number of carboxylic acid groups (broad SMARTS) is 1. The highest BCUT2D eigenvalue weighted by molar-refractivity contribution is 7.13. The Morgan fingerprint density at radius 1 is 1.67 bits per heavy atom. The SMILES string of the molecule is O=C(O)c1nc2c(s1)COCC2. The summed E-state index contributed by atoms with van der Waals surface area (Å²) in [6.07, 6.45) is 0.735. The minimum Gasteiger partial charge on any atom is -0.476 e. The van der Waals surface area contributed by atoms with E-state index < -0.39 is 5.97 Å². The lowest BCUT2D eigenvalue weighted by atomic mass is 10.2. The van der Waals surface area contributed by atoms with Crippen LogP contribution in [0.15, 0.2) is 0 Å². The standard InChI is InChI=1S/C7H7NO3S/c9-7(10)6-8-4-1-2-11-3-5(4)12-6/h1-3H2,(H,9,10). The highest BCUT2D eigenvalue weighted by Crippen LogP contribution is 2.23. The van der Waals surface area contributed by atoms with Crippen LogP contribution in [0.2, 0.25) is 0 Å². The molecule has 0 unspecified atom stereocenters. The first-order valence-corrected chi connectivity index (χ1v) is 4.38. The van der Waals surface area contributed by atoms with Crippen molar-refractivity contribution >= 4 is 17.3 Å². The van der Waals surface area contributed by atoms with Crippen LogP contribution in [0.3, 0.4) is 0 Å². The van der Waals surface area contributed by atoms with Crippen LogP contribution in [-0.2, 0) is 17.8 Å². The van der Waals surface area contributed by atoms with Gasteiger partial charge in [-0.15, -0.1) is 11.3 Å². The van der Waals surface area contributed by atoms with Gasteiger partial charge in [-0.25, -0.2) is 9.78 Å². The van der Waals surface area contributed by atoms with Gasteiger partial charge in [0.25, 0.3) is 0 Å². The number of carboxylic acids is 1. The number of nitrogens with zero attached hydrogens (tertiary/aromatic N) is 1. The summed E-state index contributed by atoms with van der Waals surface area (Å²) in [5.74, 6) is -0.950. The lowest BCUT2D eigenvalue weighted by molar-refractivity contribution is 0.0696. The van der Waals surface area contributed by atoms with E-state index in [-0.39, 0.29) is 5.01 Å². The number of rotatable bonds is 1. The molecular weight excluding hydrogens is 178 g/mol. The topological polar surface area (TPSA) is 59.4 Å². The molecule has 12 heavy (non-hydrogen) atoms. The van der Waals surface area contributed by atoms with Gasteiger partial charge in [-0.05, 0) is 0 Å². The van der Waals surface area contributed by atoms with Crippen molar-refractivity contribution in [3.05, 3.63) is 15.6 Å². The Hall–Kier alpha value is -0.940. The van der Waals surface area contributed by atoms with Gasteiger partial charge in [-0.3, -0.25) is 0 Å². The Kier molecular flexibility index (Phi) is 1.82. The minimum absolute atomic E-state index is 0.172. The van der Waals surface area contributed by atoms with Crippen LogP contribution in [0.4, 0.5) is 0 Å². The summed E-state index contributed by atoms with van der Waals surface area (Å²) in [5.41, 5.74) is 0.892. The fourth-order valence-electron chi connectivity index (χ4n) is 1.12. The molecule has 0 fully saturated rings. The molecule has 64 valence electrons. The average Bonchev–Trinajstić information content (AvgIpc) is 2.46. The second-order valence-electron chi connectivity index (χ2n) is 2.50. The number of hydrogen-bond acceptors (Lipinski definition) is 4. The predicted molar refractivity (Wildman–Crippen MR) is 42.4 cm³/mol. The van der Waals surface area contributed by atoms with Crippen molar-refractivity contribution in [3.8, 4) is 0 Å². The van der Waals surface area contributed by atoms with Crippen molar-refractivity contribution < 1.29 is 14.6 Å². The van der Waals surface area contributed by atoms with Gasteiger partial charge in [0.2, 0.25) is 5.01 Å². The van der Waals surface area contributed by atoms with Gasteiger partial charge < -0.3 is 9.84 Å². The third-order valence-electron chi connectivity index (χ3n) is 1.68. The number of aromatic carboxylic acids is 1. The number of fused-ring (bicyclic) bond motifs is 1. The van der Waals surface area contributed by atoms with Gasteiger partial charge in [0.1, 0.15) is 0 Å². The number of aromatic nitrogens is 1. The van der Waals surface area contributed by atoms with Crippen LogP contribution < -0.4 is 0 Å². The Morgan fingerprint density at radius 2 is 2.50 bits per heavy atom. The third-order valence-corrected chi connectivity index (χ3v) is 2.74. The zero-order valence-electron chi connectivity index (χ0n) is 6.24. The van der Waals surface area contributed by atoms with Crippen LogP contribution in [0, 0.1) is 0 Å². The van der Waals surface area contributed by atoms with E-state index in [1.807, 2.05) is 0 Å². The van der Waals surface area contributed by atoms with E-state index in [1.165, 1.54) is 11.3 Å². The summed E-state index contributed by atoms with van der Waals surface area (Å²) in [7, 11) is 0. The van der Waals surface area contributed by atoms with Crippen molar-refractivity contribution in [2.75, 3.05) is 6.61 Å². The maximum atomic E-state index is 10.5. The second-order valence-corrected chi connectivity index (χ2v) is 3.58. The van der Waals surface area contributed by atoms with Crippen LogP contribution in [0.5, 0.6) is 0 Å². The molecule has 0 amide bonds. The Bertz CT molecular complexity index is 297. The summed E-state index contributed by atoms with van der Waals surface area (Å²) in [6.45, 7) is 1.16. The molecule has 0 atom stereocenters. The van der Waals surface area contributed by atoms with E-state index in [4.69, 9.17) is 9.84 Å². The summed E-state index contributed by atoms with van der Waals surface area (Å²) in [6, 6.07) is 0. The molecule has 1 aliphatic rings.